The predicted molar refractivity (Wildman–Crippen MR) is 136 cm³/mol. The number of benzene rings is 1. The van der Waals surface area contributed by atoms with Gasteiger partial charge < -0.3 is 20.1 Å². The number of rotatable bonds is 10. The van der Waals surface area contributed by atoms with Gasteiger partial charge in [0.2, 0.25) is 0 Å². The third-order valence-electron chi connectivity index (χ3n) is 5.41. The van der Waals surface area contributed by atoms with Crippen molar-refractivity contribution in [2.75, 3.05) is 40.0 Å². The monoisotopic (exact) mass is 557 g/mol. The van der Waals surface area contributed by atoms with Gasteiger partial charge in [-0.1, -0.05) is 12.1 Å². The maximum atomic E-state index is 6.00. The van der Waals surface area contributed by atoms with Crippen LogP contribution in [0.4, 0.5) is 0 Å². The van der Waals surface area contributed by atoms with Gasteiger partial charge in [-0.25, -0.2) is 9.98 Å². The van der Waals surface area contributed by atoms with E-state index in [2.05, 4.69) is 49.8 Å². The summed E-state index contributed by atoms with van der Waals surface area (Å²) in [4.78, 5) is 11.3. The van der Waals surface area contributed by atoms with Gasteiger partial charge in [-0.05, 0) is 44.5 Å². The fraction of sp³-hybridized carbons (Fsp3) is 0.591. The summed E-state index contributed by atoms with van der Waals surface area (Å²) in [5, 5.41) is 10.6. The van der Waals surface area contributed by atoms with E-state index in [-0.39, 0.29) is 24.0 Å². The molecule has 1 aliphatic rings. The fourth-order valence-electron chi connectivity index (χ4n) is 3.50. The molecule has 1 fully saturated rings. The van der Waals surface area contributed by atoms with Crippen molar-refractivity contribution in [1.29, 1.82) is 0 Å². The number of aryl methyl sites for hydroxylation is 1. The van der Waals surface area contributed by atoms with Gasteiger partial charge in [-0.3, -0.25) is 9.58 Å². The Balaban J connectivity index is 0.00000363. The predicted octanol–water partition coefficient (Wildman–Crippen LogP) is 2.18. The topological polar surface area (TPSA) is 88.8 Å². The molecule has 3 rings (SSSR count). The quantitative estimate of drug-likeness (QED) is 0.263. The molecule has 178 valence electrons. The lowest BCUT2D eigenvalue weighted by atomic mass is 10.1. The van der Waals surface area contributed by atoms with Crippen LogP contribution in [0, 0.1) is 0 Å². The third-order valence-corrected chi connectivity index (χ3v) is 5.41. The van der Waals surface area contributed by atoms with Crippen LogP contribution in [-0.4, -0.2) is 71.6 Å². The number of halogens is 1. The highest BCUT2D eigenvalue weighted by Crippen LogP contribution is 2.15. The van der Waals surface area contributed by atoms with E-state index < -0.39 is 0 Å². The Morgan fingerprint density at radius 1 is 1.31 bits per heavy atom. The van der Waals surface area contributed by atoms with Crippen LogP contribution in [0.3, 0.4) is 0 Å². The standard InChI is InChI=1S/C22H35N7O2.HI/c1-4-23-22(25-16-21-26-17-27-29(21)3)24-15-18-6-5-7-20(14-18)31-13-10-28(2)19-8-11-30-12-9-19;/h5-7,14,17,19H,4,8-13,15-16H2,1-3H3,(H2,23,24,25);1H. The van der Waals surface area contributed by atoms with Crippen molar-refractivity contribution in [2.45, 2.75) is 38.9 Å². The summed E-state index contributed by atoms with van der Waals surface area (Å²) in [7, 11) is 4.04. The Morgan fingerprint density at radius 2 is 2.12 bits per heavy atom. The normalized spacial score (nSPS) is 14.8. The van der Waals surface area contributed by atoms with Crippen LogP contribution in [0.5, 0.6) is 5.75 Å². The number of nitrogens with one attached hydrogen (secondary N) is 2. The highest BCUT2D eigenvalue weighted by Gasteiger charge is 2.17. The van der Waals surface area contributed by atoms with Gasteiger partial charge in [0, 0.05) is 39.4 Å². The molecule has 2 aromatic rings. The molecule has 2 heterocycles. The van der Waals surface area contributed by atoms with Crippen LogP contribution >= 0.6 is 24.0 Å². The average molecular weight is 557 g/mol. The first-order valence-electron chi connectivity index (χ1n) is 11.0. The molecule has 1 aromatic heterocycles. The highest BCUT2D eigenvalue weighted by atomic mass is 127. The van der Waals surface area contributed by atoms with Crippen LogP contribution in [0.1, 0.15) is 31.2 Å². The first-order chi connectivity index (χ1) is 15.2. The minimum atomic E-state index is 0. The lowest BCUT2D eigenvalue weighted by Gasteiger charge is -2.31. The van der Waals surface area contributed by atoms with Crippen molar-refractivity contribution in [3.8, 4) is 5.75 Å². The Hall–Kier alpha value is -1.92. The van der Waals surface area contributed by atoms with E-state index >= 15 is 0 Å². The molecule has 1 aromatic carbocycles. The van der Waals surface area contributed by atoms with Gasteiger partial charge in [0.1, 0.15) is 24.5 Å². The van der Waals surface area contributed by atoms with Crippen molar-refractivity contribution >= 4 is 29.9 Å². The number of aromatic nitrogens is 3. The van der Waals surface area contributed by atoms with Crippen LogP contribution in [-0.2, 0) is 24.9 Å². The summed E-state index contributed by atoms with van der Waals surface area (Å²) in [5.74, 6) is 2.48. The highest BCUT2D eigenvalue weighted by molar-refractivity contribution is 14.0. The van der Waals surface area contributed by atoms with Gasteiger partial charge >= 0.3 is 0 Å². The van der Waals surface area contributed by atoms with E-state index in [4.69, 9.17) is 9.47 Å². The minimum Gasteiger partial charge on any atom is -0.492 e. The second kappa shape index (κ2) is 14.3. The SMILES string of the molecule is CCNC(=NCc1cccc(OCCN(C)C2CCOCC2)c1)NCc1ncnn1C.I. The smallest absolute Gasteiger partial charge is 0.191 e. The van der Waals surface area contributed by atoms with Crippen molar-refractivity contribution in [3.63, 3.8) is 0 Å². The van der Waals surface area contributed by atoms with Gasteiger partial charge in [0.25, 0.3) is 0 Å². The van der Waals surface area contributed by atoms with Gasteiger partial charge in [-0.2, -0.15) is 5.10 Å². The lowest BCUT2D eigenvalue weighted by molar-refractivity contribution is 0.0392. The van der Waals surface area contributed by atoms with Crippen molar-refractivity contribution in [1.82, 2.24) is 30.3 Å². The zero-order valence-corrected chi connectivity index (χ0v) is 21.6. The maximum absolute atomic E-state index is 6.00. The molecule has 0 spiro atoms. The molecular formula is C22H36IN7O2. The minimum absolute atomic E-state index is 0. The molecule has 9 nitrogen and oxygen atoms in total. The Bertz CT molecular complexity index is 824. The summed E-state index contributed by atoms with van der Waals surface area (Å²) >= 11 is 0. The number of guanidine groups is 1. The second-order valence-electron chi connectivity index (χ2n) is 7.67. The van der Waals surface area contributed by atoms with E-state index in [0.717, 1.165) is 62.2 Å². The second-order valence-corrected chi connectivity index (χ2v) is 7.67. The Labute approximate surface area is 208 Å². The molecule has 32 heavy (non-hydrogen) atoms. The molecule has 0 aliphatic carbocycles. The van der Waals surface area contributed by atoms with E-state index in [1.54, 1.807) is 11.0 Å². The number of hydrogen-bond acceptors (Lipinski definition) is 6. The zero-order valence-electron chi connectivity index (χ0n) is 19.3. The van der Waals surface area contributed by atoms with E-state index in [0.29, 0.717) is 25.7 Å². The van der Waals surface area contributed by atoms with E-state index in [9.17, 15) is 0 Å². The van der Waals surface area contributed by atoms with E-state index in [1.807, 2.05) is 26.1 Å². The Morgan fingerprint density at radius 3 is 2.84 bits per heavy atom. The number of nitrogens with zero attached hydrogens (tertiary/aromatic N) is 5. The molecular weight excluding hydrogens is 521 g/mol. The zero-order chi connectivity index (χ0) is 21.9. The van der Waals surface area contributed by atoms with Gasteiger partial charge in [0.15, 0.2) is 5.96 Å². The van der Waals surface area contributed by atoms with Crippen molar-refractivity contribution in [2.24, 2.45) is 12.0 Å². The molecule has 0 atom stereocenters. The molecule has 1 saturated heterocycles. The maximum Gasteiger partial charge on any atom is 0.191 e. The first-order valence-corrected chi connectivity index (χ1v) is 11.0. The molecule has 10 heteroatoms. The Kier molecular flexibility index (Phi) is 11.7. The fourth-order valence-corrected chi connectivity index (χ4v) is 3.50. The number of aliphatic imine (C=N–C) groups is 1. The summed E-state index contributed by atoms with van der Waals surface area (Å²) in [6.45, 7) is 7.26. The van der Waals surface area contributed by atoms with Crippen molar-refractivity contribution < 1.29 is 9.47 Å². The molecule has 0 amide bonds. The van der Waals surface area contributed by atoms with Gasteiger partial charge in [0.05, 0.1) is 13.1 Å². The van der Waals surface area contributed by atoms with Gasteiger partial charge in [-0.15, -0.1) is 24.0 Å². The largest absolute Gasteiger partial charge is 0.492 e. The summed E-state index contributed by atoms with van der Waals surface area (Å²) in [5.41, 5.74) is 1.10. The number of hydrogen-bond donors (Lipinski definition) is 2. The third kappa shape index (κ3) is 8.55. The molecule has 0 unspecified atom stereocenters. The number of ether oxygens (including phenoxy) is 2. The molecule has 0 bridgehead atoms. The molecule has 1 aliphatic heterocycles. The van der Waals surface area contributed by atoms with Crippen LogP contribution in [0.2, 0.25) is 0 Å². The van der Waals surface area contributed by atoms with E-state index in [1.165, 1.54) is 0 Å². The average Bonchev–Trinajstić information content (AvgIpc) is 3.21. The van der Waals surface area contributed by atoms with Crippen LogP contribution in [0.15, 0.2) is 35.6 Å². The lowest BCUT2D eigenvalue weighted by Crippen LogP contribution is -2.38. The van der Waals surface area contributed by atoms with Crippen molar-refractivity contribution in [3.05, 3.63) is 42.0 Å². The summed E-state index contributed by atoms with van der Waals surface area (Å²) < 4.78 is 13.2. The first kappa shape index (κ1) is 26.3. The van der Waals surface area contributed by atoms with Crippen LogP contribution < -0.4 is 15.4 Å². The summed E-state index contributed by atoms with van der Waals surface area (Å²) in [6, 6.07) is 8.74. The molecule has 2 N–H and O–H groups in total. The number of likely N-dealkylation sites (N-methyl/N-ethyl adjacent to an activating group) is 1. The molecule has 0 saturated carbocycles. The summed E-state index contributed by atoms with van der Waals surface area (Å²) in [6.07, 6.45) is 3.75. The molecule has 0 radical (unpaired) electrons. The van der Waals surface area contributed by atoms with Crippen LogP contribution in [0.25, 0.3) is 0 Å².